The minimum atomic E-state index is -3.60. The Balaban J connectivity index is 1.77. The molecular weight excluding hydrogens is 492 g/mol. The highest BCUT2D eigenvalue weighted by Crippen LogP contribution is 2.36. The van der Waals surface area contributed by atoms with Crippen LogP contribution < -0.4 is 5.56 Å². The molecule has 37 heavy (non-hydrogen) atoms. The van der Waals surface area contributed by atoms with Gasteiger partial charge >= 0.3 is 0 Å². The van der Waals surface area contributed by atoms with E-state index in [0.717, 1.165) is 6.26 Å². The van der Waals surface area contributed by atoms with Gasteiger partial charge in [0.25, 0.3) is 5.56 Å². The maximum atomic E-state index is 12.8. The monoisotopic (exact) mass is 514 g/mol. The summed E-state index contributed by atoms with van der Waals surface area (Å²) in [7, 11) is -3.60. The SMILES string of the molecule is CC(C)(C)c1nn2c([nH]c(=O)c3ccccc32)c1N=Nc1c(C#N)cnn1-c1ccccc1S(C)(=O)=O. The van der Waals surface area contributed by atoms with Crippen LogP contribution in [0.1, 0.15) is 32.0 Å². The Labute approximate surface area is 211 Å². The predicted octanol–water partition coefficient (Wildman–Crippen LogP) is 4.35. The molecule has 0 spiro atoms. The fourth-order valence-electron chi connectivity index (χ4n) is 4.06. The summed E-state index contributed by atoms with van der Waals surface area (Å²) in [4.78, 5) is 15.7. The molecule has 1 N–H and O–H groups in total. The highest BCUT2D eigenvalue weighted by Gasteiger charge is 2.27. The lowest BCUT2D eigenvalue weighted by molar-refractivity contribution is 0.564. The summed E-state index contributed by atoms with van der Waals surface area (Å²) >= 11 is 0. The van der Waals surface area contributed by atoms with Gasteiger partial charge in [0.1, 0.15) is 11.6 Å². The molecule has 0 radical (unpaired) electrons. The van der Waals surface area contributed by atoms with E-state index in [4.69, 9.17) is 5.10 Å². The van der Waals surface area contributed by atoms with Crippen LogP contribution in [0, 0.1) is 11.3 Å². The number of fused-ring (bicyclic) bond motifs is 3. The molecule has 3 heterocycles. The quantitative estimate of drug-likeness (QED) is 0.352. The standard InChI is InChI=1S/C25H22N8O3S/c1-25(2,3)21-20(23-28-24(34)16-9-5-6-10-17(16)33(23)31-21)29-30-22-15(13-26)14-27-32(22)18-11-7-8-12-19(18)37(4,35)36/h5-12,14H,1-4H3,(H,28,34). The maximum Gasteiger partial charge on any atom is 0.259 e. The Morgan fingerprint density at radius 2 is 1.76 bits per heavy atom. The molecule has 0 bridgehead atoms. The van der Waals surface area contributed by atoms with E-state index in [2.05, 4.69) is 20.3 Å². The van der Waals surface area contributed by atoms with Crippen molar-refractivity contribution in [2.24, 2.45) is 10.2 Å². The fraction of sp³-hybridized carbons (Fsp3) is 0.200. The van der Waals surface area contributed by atoms with Crippen LogP contribution in [0.5, 0.6) is 0 Å². The van der Waals surface area contributed by atoms with Gasteiger partial charge < -0.3 is 4.98 Å². The Morgan fingerprint density at radius 3 is 2.46 bits per heavy atom. The van der Waals surface area contributed by atoms with Crippen LogP contribution >= 0.6 is 0 Å². The van der Waals surface area contributed by atoms with Crippen molar-refractivity contribution >= 4 is 37.9 Å². The van der Waals surface area contributed by atoms with Crippen LogP contribution in [0.15, 0.2) is 74.6 Å². The van der Waals surface area contributed by atoms with Gasteiger partial charge in [-0.3, -0.25) is 4.79 Å². The van der Waals surface area contributed by atoms with E-state index in [9.17, 15) is 18.5 Å². The van der Waals surface area contributed by atoms with Gasteiger partial charge in [0.15, 0.2) is 27.0 Å². The molecule has 12 heteroatoms. The number of aromatic amines is 1. The zero-order valence-electron chi connectivity index (χ0n) is 20.5. The van der Waals surface area contributed by atoms with Crippen molar-refractivity contribution in [2.75, 3.05) is 6.26 Å². The number of para-hydroxylation sites is 2. The van der Waals surface area contributed by atoms with Gasteiger partial charge in [-0.05, 0) is 24.3 Å². The summed E-state index contributed by atoms with van der Waals surface area (Å²) in [6.45, 7) is 5.88. The minimum absolute atomic E-state index is 0.0289. The fourth-order valence-corrected chi connectivity index (χ4v) is 4.92. The van der Waals surface area contributed by atoms with E-state index < -0.39 is 15.3 Å². The molecule has 0 fully saturated rings. The molecule has 0 atom stereocenters. The third-order valence-corrected chi connectivity index (χ3v) is 6.93. The average Bonchev–Trinajstić information content (AvgIpc) is 3.43. The van der Waals surface area contributed by atoms with Crippen molar-refractivity contribution in [3.63, 3.8) is 0 Å². The molecule has 0 saturated heterocycles. The molecule has 0 aliphatic heterocycles. The largest absolute Gasteiger partial charge is 0.304 e. The Morgan fingerprint density at radius 1 is 1.05 bits per heavy atom. The van der Waals surface area contributed by atoms with Gasteiger partial charge in [-0.15, -0.1) is 10.2 Å². The van der Waals surface area contributed by atoms with E-state index in [1.165, 1.54) is 16.9 Å². The van der Waals surface area contributed by atoms with E-state index in [1.807, 2.05) is 32.9 Å². The zero-order valence-corrected chi connectivity index (χ0v) is 21.3. The van der Waals surface area contributed by atoms with Crippen molar-refractivity contribution in [3.8, 4) is 11.8 Å². The van der Waals surface area contributed by atoms with Crippen LogP contribution in [0.3, 0.4) is 0 Å². The van der Waals surface area contributed by atoms with Gasteiger partial charge in [0, 0.05) is 11.7 Å². The van der Waals surface area contributed by atoms with Crippen molar-refractivity contribution in [1.29, 1.82) is 5.26 Å². The van der Waals surface area contributed by atoms with E-state index in [0.29, 0.717) is 27.9 Å². The number of aromatic nitrogens is 5. The molecule has 2 aromatic carbocycles. The number of nitriles is 1. The van der Waals surface area contributed by atoms with Crippen LogP contribution in [0.25, 0.3) is 22.2 Å². The van der Waals surface area contributed by atoms with Gasteiger partial charge in [0.05, 0.1) is 33.4 Å². The third-order valence-electron chi connectivity index (χ3n) is 5.78. The van der Waals surface area contributed by atoms with Gasteiger partial charge in [-0.1, -0.05) is 45.0 Å². The number of nitrogens with one attached hydrogen (secondary N) is 1. The molecule has 0 unspecified atom stereocenters. The summed E-state index contributed by atoms with van der Waals surface area (Å²) < 4.78 is 27.7. The molecule has 3 aromatic heterocycles. The average molecular weight is 515 g/mol. The summed E-state index contributed by atoms with van der Waals surface area (Å²) in [5.41, 5.74) is 1.41. The molecule has 11 nitrogen and oxygen atoms in total. The number of H-pyrrole nitrogens is 1. The normalized spacial score (nSPS) is 12.5. The molecule has 186 valence electrons. The summed E-state index contributed by atoms with van der Waals surface area (Å²) in [6.07, 6.45) is 2.39. The topological polar surface area (TPSA) is 151 Å². The minimum Gasteiger partial charge on any atom is -0.304 e. The summed E-state index contributed by atoms with van der Waals surface area (Å²) in [5.74, 6) is 0.0425. The van der Waals surface area contributed by atoms with Crippen LogP contribution in [0.2, 0.25) is 0 Å². The second-order valence-corrected chi connectivity index (χ2v) is 11.5. The van der Waals surface area contributed by atoms with Crippen molar-refractivity contribution < 1.29 is 8.42 Å². The molecule has 0 aliphatic carbocycles. The lowest BCUT2D eigenvalue weighted by Gasteiger charge is -2.15. The summed E-state index contributed by atoms with van der Waals surface area (Å²) in [5, 5.41) is 27.9. The number of hydrogen-bond acceptors (Lipinski definition) is 8. The smallest absolute Gasteiger partial charge is 0.259 e. The molecule has 0 saturated carbocycles. The second-order valence-electron chi connectivity index (χ2n) is 9.52. The maximum absolute atomic E-state index is 12.8. The van der Waals surface area contributed by atoms with Gasteiger partial charge in [-0.2, -0.15) is 15.5 Å². The zero-order chi connectivity index (χ0) is 26.5. The molecule has 5 aromatic rings. The molecular formula is C25H22N8O3S. The first-order valence-corrected chi connectivity index (χ1v) is 13.1. The highest BCUT2D eigenvalue weighted by atomic mass is 32.2. The van der Waals surface area contributed by atoms with Crippen molar-refractivity contribution in [1.82, 2.24) is 24.4 Å². The lowest BCUT2D eigenvalue weighted by atomic mass is 9.91. The molecule has 5 rings (SSSR count). The third kappa shape index (κ3) is 4.09. The molecule has 0 aliphatic rings. The lowest BCUT2D eigenvalue weighted by Crippen LogP contribution is -2.12. The number of nitrogens with zero attached hydrogens (tertiary/aromatic N) is 7. The van der Waals surface area contributed by atoms with Gasteiger partial charge in [-0.25, -0.2) is 17.6 Å². The Bertz CT molecular complexity index is 1930. The number of rotatable bonds is 4. The summed E-state index contributed by atoms with van der Waals surface area (Å²) in [6, 6.07) is 15.4. The predicted molar refractivity (Wildman–Crippen MR) is 138 cm³/mol. The van der Waals surface area contributed by atoms with Crippen LogP contribution in [-0.4, -0.2) is 39.1 Å². The number of benzene rings is 2. The number of hydrogen-bond donors (Lipinski definition) is 1. The Kier molecular flexibility index (Phi) is 5.53. The van der Waals surface area contributed by atoms with Crippen molar-refractivity contribution in [2.45, 2.75) is 31.1 Å². The number of azo groups is 1. The van der Waals surface area contributed by atoms with Crippen molar-refractivity contribution in [3.05, 3.63) is 76.3 Å². The van der Waals surface area contributed by atoms with Gasteiger partial charge in [0.2, 0.25) is 0 Å². The van der Waals surface area contributed by atoms with E-state index >= 15 is 0 Å². The number of sulfone groups is 1. The highest BCUT2D eigenvalue weighted by molar-refractivity contribution is 7.90. The Hall–Kier alpha value is -4.63. The first-order chi connectivity index (χ1) is 17.5. The van der Waals surface area contributed by atoms with Crippen LogP contribution in [-0.2, 0) is 15.3 Å². The second kappa shape index (κ2) is 8.49. The van der Waals surface area contributed by atoms with E-state index in [-0.39, 0.29) is 27.5 Å². The van der Waals surface area contributed by atoms with Crippen LogP contribution in [0.4, 0.5) is 11.5 Å². The molecule has 0 amide bonds. The first kappa shape index (κ1) is 24.1. The van der Waals surface area contributed by atoms with E-state index in [1.54, 1.807) is 40.9 Å². The first-order valence-electron chi connectivity index (χ1n) is 11.2.